The molecule has 0 bridgehead atoms. The van der Waals surface area contributed by atoms with Crippen molar-refractivity contribution in [3.8, 4) is 0 Å². The highest BCUT2D eigenvalue weighted by Gasteiger charge is 2.39. The Morgan fingerprint density at radius 1 is 1.07 bits per heavy atom. The first-order valence-corrected chi connectivity index (χ1v) is 9.86. The highest BCUT2D eigenvalue weighted by Crippen LogP contribution is 2.43. The quantitative estimate of drug-likeness (QED) is 0.688. The number of fused-ring (bicyclic) bond motifs is 2. The largest absolute Gasteiger partial charge is 0.337 e. The number of carbonyl (C=O) groups excluding carboxylic acids is 1. The van der Waals surface area contributed by atoms with Gasteiger partial charge in [-0.2, -0.15) is 0 Å². The smallest absolute Gasteiger partial charge is 0.276 e. The predicted molar refractivity (Wildman–Crippen MR) is 108 cm³/mol. The van der Waals surface area contributed by atoms with Gasteiger partial charge in [0.1, 0.15) is 5.82 Å². The van der Waals surface area contributed by atoms with E-state index in [1.807, 2.05) is 4.90 Å². The van der Waals surface area contributed by atoms with Gasteiger partial charge in [0.2, 0.25) is 0 Å². The van der Waals surface area contributed by atoms with Gasteiger partial charge in [-0.25, -0.2) is 9.07 Å². The van der Waals surface area contributed by atoms with Crippen molar-refractivity contribution in [3.05, 3.63) is 89.0 Å². The number of allylic oxidation sites excluding steroid dienone is 1. The minimum absolute atomic E-state index is 0.0375. The molecule has 1 amide bonds. The van der Waals surface area contributed by atoms with Crippen molar-refractivity contribution in [2.75, 3.05) is 13.1 Å². The maximum Gasteiger partial charge on any atom is 0.276 e. The number of likely N-dealkylation sites (tertiary alicyclic amines) is 1. The van der Waals surface area contributed by atoms with Crippen LogP contribution >= 0.6 is 0 Å². The Morgan fingerprint density at radius 2 is 1.83 bits per heavy atom. The van der Waals surface area contributed by atoms with Crippen molar-refractivity contribution in [1.82, 2.24) is 19.9 Å². The molecule has 2 aliphatic rings. The maximum absolute atomic E-state index is 13.8. The van der Waals surface area contributed by atoms with Crippen LogP contribution in [0.25, 0.3) is 6.08 Å². The first-order chi connectivity index (χ1) is 14.1. The highest BCUT2D eigenvalue weighted by molar-refractivity contribution is 5.92. The monoisotopic (exact) mass is 388 g/mol. The van der Waals surface area contributed by atoms with E-state index < -0.39 is 0 Å². The molecule has 1 fully saturated rings. The van der Waals surface area contributed by atoms with Crippen molar-refractivity contribution in [3.63, 3.8) is 0 Å². The summed E-state index contributed by atoms with van der Waals surface area (Å²) in [7, 11) is 0. The maximum atomic E-state index is 13.8. The summed E-state index contributed by atoms with van der Waals surface area (Å²) in [5, 5.41) is 8.04. The Bertz CT molecular complexity index is 1100. The Balaban J connectivity index is 1.27. The Hall–Kier alpha value is -3.28. The van der Waals surface area contributed by atoms with Crippen molar-refractivity contribution >= 4 is 12.0 Å². The lowest BCUT2D eigenvalue weighted by Gasteiger charge is -2.39. The molecule has 2 aromatic carbocycles. The van der Waals surface area contributed by atoms with Gasteiger partial charge in [-0.15, -0.1) is 5.10 Å². The number of halogens is 1. The summed E-state index contributed by atoms with van der Waals surface area (Å²) in [5.74, 6) is -0.406. The molecule has 0 N–H and O–H groups in total. The molecule has 1 aliphatic carbocycles. The fourth-order valence-electron chi connectivity index (χ4n) is 4.42. The third-order valence-electron chi connectivity index (χ3n) is 6.07. The van der Waals surface area contributed by atoms with E-state index in [0.717, 1.165) is 12.8 Å². The van der Waals surface area contributed by atoms with Crippen molar-refractivity contribution < 1.29 is 9.18 Å². The van der Waals surface area contributed by atoms with Crippen LogP contribution in [0.1, 0.15) is 40.0 Å². The van der Waals surface area contributed by atoms with Crippen LogP contribution in [0.2, 0.25) is 0 Å². The number of hydrogen-bond donors (Lipinski definition) is 0. The molecule has 5 rings (SSSR count). The molecule has 0 saturated carbocycles. The number of benzene rings is 2. The van der Waals surface area contributed by atoms with Crippen LogP contribution in [0.5, 0.6) is 0 Å². The van der Waals surface area contributed by atoms with E-state index in [1.54, 1.807) is 24.4 Å². The van der Waals surface area contributed by atoms with Gasteiger partial charge in [0.25, 0.3) is 5.91 Å². The van der Waals surface area contributed by atoms with Crippen molar-refractivity contribution in [2.45, 2.75) is 24.8 Å². The number of piperidine rings is 1. The Kier molecular flexibility index (Phi) is 4.27. The summed E-state index contributed by atoms with van der Waals surface area (Å²) in [4.78, 5) is 14.7. The number of rotatable bonds is 3. The summed E-state index contributed by atoms with van der Waals surface area (Å²) < 4.78 is 15.3. The molecule has 1 aliphatic heterocycles. The topological polar surface area (TPSA) is 51.0 Å². The van der Waals surface area contributed by atoms with Crippen LogP contribution in [-0.2, 0) is 12.0 Å². The summed E-state index contributed by atoms with van der Waals surface area (Å²) in [5.41, 5.74) is 3.50. The average molecular weight is 388 g/mol. The second-order valence-corrected chi connectivity index (χ2v) is 7.76. The Labute approximate surface area is 168 Å². The predicted octanol–water partition coefficient (Wildman–Crippen LogP) is 3.67. The lowest BCUT2D eigenvalue weighted by molar-refractivity contribution is 0.0684. The van der Waals surface area contributed by atoms with Crippen LogP contribution in [-0.4, -0.2) is 38.9 Å². The van der Waals surface area contributed by atoms with Crippen LogP contribution in [0.4, 0.5) is 4.39 Å². The summed E-state index contributed by atoms with van der Waals surface area (Å²) >= 11 is 0. The van der Waals surface area contributed by atoms with Crippen molar-refractivity contribution in [1.29, 1.82) is 0 Å². The lowest BCUT2D eigenvalue weighted by atomic mass is 9.74. The van der Waals surface area contributed by atoms with E-state index in [0.29, 0.717) is 24.3 Å². The van der Waals surface area contributed by atoms with Gasteiger partial charge >= 0.3 is 0 Å². The van der Waals surface area contributed by atoms with Gasteiger partial charge in [-0.3, -0.25) is 4.79 Å². The van der Waals surface area contributed by atoms with Gasteiger partial charge in [-0.05, 0) is 30.0 Å². The van der Waals surface area contributed by atoms with Crippen LogP contribution < -0.4 is 0 Å². The van der Waals surface area contributed by atoms with E-state index in [2.05, 4.69) is 46.7 Å². The molecule has 1 saturated heterocycles. The highest BCUT2D eigenvalue weighted by atomic mass is 19.1. The fraction of sp³-hybridized carbons (Fsp3) is 0.261. The van der Waals surface area contributed by atoms with E-state index in [1.165, 1.54) is 21.9 Å². The summed E-state index contributed by atoms with van der Waals surface area (Å²) in [6, 6.07) is 15.0. The molecule has 2 heterocycles. The molecule has 0 atom stereocenters. The zero-order valence-electron chi connectivity index (χ0n) is 16.0. The number of carbonyl (C=O) groups is 1. The second kappa shape index (κ2) is 6.95. The van der Waals surface area contributed by atoms with Gasteiger partial charge in [0, 0.05) is 24.1 Å². The lowest BCUT2D eigenvalue weighted by Crippen LogP contribution is -2.44. The normalized spacial score (nSPS) is 16.9. The zero-order chi connectivity index (χ0) is 19.8. The molecular weight excluding hydrogens is 367 g/mol. The van der Waals surface area contributed by atoms with Crippen LogP contribution in [0.15, 0.2) is 60.8 Å². The number of hydrogen-bond acceptors (Lipinski definition) is 3. The zero-order valence-corrected chi connectivity index (χ0v) is 16.0. The van der Waals surface area contributed by atoms with Gasteiger partial charge in [-0.1, -0.05) is 59.8 Å². The molecule has 29 heavy (non-hydrogen) atoms. The minimum atomic E-state index is -0.290. The molecule has 6 heteroatoms. The first-order valence-electron chi connectivity index (χ1n) is 9.86. The third-order valence-corrected chi connectivity index (χ3v) is 6.07. The molecule has 5 nitrogen and oxygen atoms in total. The fourth-order valence-corrected chi connectivity index (χ4v) is 4.42. The number of nitrogens with zero attached hydrogens (tertiary/aromatic N) is 4. The Morgan fingerprint density at radius 3 is 2.66 bits per heavy atom. The molecule has 1 aromatic heterocycles. The van der Waals surface area contributed by atoms with E-state index in [9.17, 15) is 9.18 Å². The second-order valence-electron chi connectivity index (χ2n) is 7.76. The standard InChI is InChI=1S/C23H21FN4O/c24-20-8-4-2-6-18(20)15-28-16-21(25-26-28)22(29)27-13-11-23(12-14-27)10-9-17-5-1-3-7-19(17)23/h1-10,16H,11-15H2. The first kappa shape index (κ1) is 17.8. The summed E-state index contributed by atoms with van der Waals surface area (Å²) in [6.07, 6.45) is 7.89. The SMILES string of the molecule is O=C(c1cn(Cc2ccccc2F)nn1)N1CCC2(C=Cc3ccccc32)CC1. The van der Waals surface area contributed by atoms with E-state index in [4.69, 9.17) is 0 Å². The van der Waals surface area contributed by atoms with Gasteiger partial charge < -0.3 is 4.90 Å². The van der Waals surface area contributed by atoms with Crippen LogP contribution in [0, 0.1) is 5.82 Å². The molecule has 3 aromatic rings. The molecule has 146 valence electrons. The van der Waals surface area contributed by atoms with E-state index in [-0.39, 0.29) is 23.7 Å². The molecule has 0 radical (unpaired) electrons. The average Bonchev–Trinajstić information content (AvgIpc) is 3.36. The number of aromatic nitrogens is 3. The third kappa shape index (κ3) is 3.14. The minimum Gasteiger partial charge on any atom is -0.337 e. The van der Waals surface area contributed by atoms with Gasteiger partial charge in [0.05, 0.1) is 12.7 Å². The summed E-state index contributed by atoms with van der Waals surface area (Å²) in [6.45, 7) is 1.60. The molecule has 0 unspecified atom stereocenters. The van der Waals surface area contributed by atoms with Gasteiger partial charge in [0.15, 0.2) is 5.69 Å². The number of amides is 1. The molecular formula is C23H21FN4O. The molecule has 1 spiro atoms. The van der Waals surface area contributed by atoms with E-state index >= 15 is 0 Å². The van der Waals surface area contributed by atoms with Crippen molar-refractivity contribution in [2.24, 2.45) is 0 Å². The van der Waals surface area contributed by atoms with Crippen LogP contribution in [0.3, 0.4) is 0 Å².